The second-order valence-corrected chi connectivity index (χ2v) is 15.8. The van der Waals surface area contributed by atoms with Crippen molar-refractivity contribution in [3.05, 3.63) is 202 Å². The van der Waals surface area contributed by atoms with Gasteiger partial charge in [0.1, 0.15) is 11.5 Å². The van der Waals surface area contributed by atoms with E-state index in [0.717, 1.165) is 60.8 Å². The molecule has 4 N–H and O–H groups in total. The van der Waals surface area contributed by atoms with Gasteiger partial charge in [0.25, 0.3) is 23.6 Å². The van der Waals surface area contributed by atoms with Gasteiger partial charge in [-0.1, -0.05) is 147 Å². The molecule has 10 nitrogen and oxygen atoms in total. The lowest BCUT2D eigenvalue weighted by Gasteiger charge is -2.31. The summed E-state index contributed by atoms with van der Waals surface area (Å²) in [6, 6.07) is 44.3. The van der Waals surface area contributed by atoms with Crippen LogP contribution in [0.15, 0.2) is 158 Å². The Balaban J connectivity index is 1.34. The maximum Gasteiger partial charge on any atom is 0.252 e. The van der Waals surface area contributed by atoms with E-state index >= 15 is 0 Å². The number of hydrogen-bond acceptors (Lipinski definition) is 6. The van der Waals surface area contributed by atoms with Gasteiger partial charge in [-0.25, -0.2) is 0 Å². The first-order chi connectivity index (χ1) is 30.4. The molecule has 314 valence electrons. The SMILES string of the molecule is O=C1N[C@H](c2ccccc2)[C@@H](c2ccccc2)NC(=O)c2cc3cc(c2)C(=O)N[C@H](c2ccccc2)[C@@H](c2ccccc2)NC(=O)c2cc(cc1c2)OCCCCCCCCO3. The minimum atomic E-state index is -0.787. The number of benzene rings is 6. The Morgan fingerprint density at radius 1 is 0.323 bits per heavy atom. The molecule has 0 saturated carbocycles. The molecule has 0 radical (unpaired) electrons. The highest BCUT2D eigenvalue weighted by Crippen LogP contribution is 2.34. The fourth-order valence-electron chi connectivity index (χ4n) is 8.16. The molecule has 3 heterocycles. The van der Waals surface area contributed by atoms with Gasteiger partial charge in [-0.3, -0.25) is 19.2 Å². The molecule has 9 rings (SSSR count). The molecule has 0 saturated heterocycles. The highest BCUT2D eigenvalue weighted by Gasteiger charge is 2.32. The molecular weight excluding hydrogens is 777 g/mol. The summed E-state index contributed by atoms with van der Waals surface area (Å²) in [5, 5.41) is 12.9. The molecule has 0 spiro atoms. The first-order valence-electron chi connectivity index (χ1n) is 21.4. The average molecular weight is 827 g/mol. The van der Waals surface area contributed by atoms with E-state index in [1.807, 2.05) is 121 Å². The van der Waals surface area contributed by atoms with Crippen LogP contribution < -0.4 is 30.7 Å². The van der Waals surface area contributed by atoms with Crippen LogP contribution in [0.1, 0.15) is 126 Å². The van der Waals surface area contributed by atoms with Crippen molar-refractivity contribution in [1.82, 2.24) is 21.3 Å². The van der Waals surface area contributed by atoms with E-state index in [0.29, 0.717) is 24.7 Å². The zero-order valence-corrected chi connectivity index (χ0v) is 34.4. The summed E-state index contributed by atoms with van der Waals surface area (Å²) in [7, 11) is 0. The van der Waals surface area contributed by atoms with Crippen molar-refractivity contribution in [2.45, 2.75) is 62.7 Å². The number of fused-ring (bicyclic) bond motifs is 19. The second-order valence-electron chi connectivity index (χ2n) is 15.8. The van der Waals surface area contributed by atoms with Gasteiger partial charge in [0.15, 0.2) is 0 Å². The van der Waals surface area contributed by atoms with Gasteiger partial charge in [0.2, 0.25) is 0 Å². The molecule has 6 aromatic rings. The zero-order chi connectivity index (χ0) is 42.7. The Morgan fingerprint density at radius 2 is 0.565 bits per heavy atom. The van der Waals surface area contributed by atoms with Crippen LogP contribution in [0.4, 0.5) is 0 Å². The minimum absolute atomic E-state index is 0.202. The van der Waals surface area contributed by atoms with E-state index in [1.54, 1.807) is 36.4 Å². The van der Waals surface area contributed by atoms with Crippen molar-refractivity contribution in [2.24, 2.45) is 0 Å². The van der Waals surface area contributed by atoms with E-state index < -0.39 is 47.8 Å². The fourth-order valence-corrected chi connectivity index (χ4v) is 8.16. The number of nitrogens with one attached hydrogen (secondary N) is 4. The van der Waals surface area contributed by atoms with Crippen LogP contribution in [0.25, 0.3) is 0 Å². The molecule has 4 amide bonds. The van der Waals surface area contributed by atoms with E-state index in [2.05, 4.69) is 21.3 Å². The smallest absolute Gasteiger partial charge is 0.252 e. The van der Waals surface area contributed by atoms with Crippen molar-refractivity contribution in [3.8, 4) is 11.5 Å². The van der Waals surface area contributed by atoms with Crippen molar-refractivity contribution < 1.29 is 28.7 Å². The summed E-state index contributed by atoms with van der Waals surface area (Å²) >= 11 is 0. The topological polar surface area (TPSA) is 135 Å². The number of amides is 4. The fraction of sp³-hybridized carbons (Fsp3) is 0.231. The van der Waals surface area contributed by atoms with Crippen molar-refractivity contribution in [2.75, 3.05) is 13.2 Å². The highest BCUT2D eigenvalue weighted by molar-refractivity contribution is 6.02. The lowest BCUT2D eigenvalue weighted by molar-refractivity contribution is 0.0873. The zero-order valence-electron chi connectivity index (χ0n) is 34.4. The van der Waals surface area contributed by atoms with Crippen molar-refractivity contribution >= 4 is 23.6 Å². The van der Waals surface area contributed by atoms with E-state index in [1.165, 1.54) is 0 Å². The van der Waals surface area contributed by atoms with Crippen LogP contribution in [0.5, 0.6) is 11.5 Å². The maximum absolute atomic E-state index is 14.7. The molecule has 6 bridgehead atoms. The maximum atomic E-state index is 14.7. The Labute approximate surface area is 362 Å². The quantitative estimate of drug-likeness (QED) is 0.140. The standard InChI is InChI=1S/C52H50N4O6/c57-49-39-29-40-32-43(31-39)61-27-17-3-1-2-4-18-28-62-44-33-41(51(59)55-47(37-23-13-7-14-24-37)45(53-49)35-19-9-5-10-20-35)30-42(34-44)52(60)56-48(38-25-15-8-16-26-38)46(54-50(40)58)36-21-11-6-12-22-36/h5-16,19-26,29-34,45-48H,1-4,17-18,27-28H2,(H,53,57)(H,54,58)(H,55,59)(H,56,60)/t45-,46-,47-,48-/m1/s1. The van der Waals surface area contributed by atoms with E-state index in [9.17, 15) is 19.2 Å². The van der Waals surface area contributed by atoms with Crippen LogP contribution in [-0.4, -0.2) is 36.8 Å². The summed E-state index contributed by atoms with van der Waals surface area (Å²) < 4.78 is 12.6. The van der Waals surface area contributed by atoms with Crippen LogP contribution in [-0.2, 0) is 0 Å². The molecule has 10 heteroatoms. The molecular formula is C52H50N4O6. The summed E-state index contributed by atoms with van der Waals surface area (Å²) in [5.74, 6) is -1.13. The molecule has 62 heavy (non-hydrogen) atoms. The molecule has 0 unspecified atom stereocenters. The second kappa shape index (κ2) is 19.9. The van der Waals surface area contributed by atoms with Gasteiger partial charge in [0.05, 0.1) is 37.4 Å². The van der Waals surface area contributed by atoms with Gasteiger partial charge < -0.3 is 30.7 Å². The third kappa shape index (κ3) is 10.2. The van der Waals surface area contributed by atoms with Crippen LogP contribution >= 0.6 is 0 Å². The van der Waals surface area contributed by atoms with Crippen molar-refractivity contribution in [3.63, 3.8) is 0 Å². The van der Waals surface area contributed by atoms with Gasteiger partial charge >= 0.3 is 0 Å². The Hall–Kier alpha value is -7.20. The van der Waals surface area contributed by atoms with Crippen LogP contribution in [0.3, 0.4) is 0 Å². The molecule has 3 aliphatic rings. The number of carbonyl (C=O) groups is 4. The lowest BCUT2D eigenvalue weighted by Crippen LogP contribution is -2.42. The molecule has 0 aliphatic carbocycles. The Morgan fingerprint density at radius 3 is 0.823 bits per heavy atom. The van der Waals surface area contributed by atoms with Crippen LogP contribution in [0.2, 0.25) is 0 Å². The number of hydrogen-bond donors (Lipinski definition) is 4. The van der Waals surface area contributed by atoms with Gasteiger partial charge in [0, 0.05) is 22.3 Å². The molecule has 3 aliphatic heterocycles. The lowest BCUT2D eigenvalue weighted by atomic mass is 9.91. The summed E-state index contributed by atoms with van der Waals surface area (Å²) in [6.07, 6.45) is 5.51. The highest BCUT2D eigenvalue weighted by atomic mass is 16.5. The monoisotopic (exact) mass is 826 g/mol. The minimum Gasteiger partial charge on any atom is -0.494 e. The molecule has 6 aromatic carbocycles. The summed E-state index contributed by atoms with van der Waals surface area (Å²) in [6.45, 7) is 0.800. The summed E-state index contributed by atoms with van der Waals surface area (Å²) in [5.41, 5.74) is 3.75. The third-order valence-corrected chi connectivity index (χ3v) is 11.4. The first kappa shape index (κ1) is 41.5. The van der Waals surface area contributed by atoms with E-state index in [4.69, 9.17) is 9.47 Å². The number of rotatable bonds is 4. The average Bonchev–Trinajstić information content (AvgIpc) is 3.31. The van der Waals surface area contributed by atoms with Gasteiger partial charge in [-0.2, -0.15) is 0 Å². The Bertz CT molecular complexity index is 2150. The number of ether oxygens (including phenoxy) is 2. The van der Waals surface area contributed by atoms with Gasteiger partial charge in [-0.05, 0) is 71.5 Å². The predicted octanol–water partition coefficient (Wildman–Crippen LogP) is 9.40. The van der Waals surface area contributed by atoms with Crippen LogP contribution in [0, 0.1) is 0 Å². The molecule has 0 aromatic heterocycles. The van der Waals surface area contributed by atoms with Gasteiger partial charge in [-0.15, -0.1) is 0 Å². The molecule has 4 atom stereocenters. The predicted molar refractivity (Wildman–Crippen MR) is 238 cm³/mol. The normalized spacial score (nSPS) is 20.3. The summed E-state index contributed by atoms with van der Waals surface area (Å²) in [4.78, 5) is 58.9. The van der Waals surface area contributed by atoms with E-state index in [-0.39, 0.29) is 22.3 Å². The Kier molecular flexibility index (Phi) is 13.3. The largest absolute Gasteiger partial charge is 0.494 e. The number of carbonyl (C=O) groups excluding carboxylic acids is 4. The van der Waals surface area contributed by atoms with Crippen molar-refractivity contribution in [1.29, 1.82) is 0 Å². The molecule has 0 fully saturated rings. The first-order valence-corrected chi connectivity index (χ1v) is 21.4. The third-order valence-electron chi connectivity index (χ3n) is 11.4.